The molecule has 0 spiro atoms. The fourth-order valence-corrected chi connectivity index (χ4v) is 3.30. The zero-order valence-corrected chi connectivity index (χ0v) is 15.6. The van der Waals surface area contributed by atoms with Crippen molar-refractivity contribution in [2.45, 2.75) is 27.2 Å². The van der Waals surface area contributed by atoms with Crippen molar-refractivity contribution in [1.29, 1.82) is 0 Å². The second-order valence-electron chi connectivity index (χ2n) is 6.82. The monoisotopic (exact) mass is 352 g/mol. The van der Waals surface area contributed by atoms with Crippen molar-refractivity contribution in [1.82, 2.24) is 0 Å². The van der Waals surface area contributed by atoms with Gasteiger partial charge >= 0.3 is 0 Å². The van der Waals surface area contributed by atoms with Gasteiger partial charge in [-0.15, -0.1) is 0 Å². The molecule has 0 aromatic heterocycles. The lowest BCUT2D eigenvalue weighted by atomic mass is 10.1. The lowest BCUT2D eigenvalue weighted by Crippen LogP contribution is -2.28. The van der Waals surface area contributed by atoms with E-state index in [4.69, 9.17) is 4.74 Å². The van der Waals surface area contributed by atoms with Crippen LogP contribution >= 0.6 is 0 Å². The highest BCUT2D eigenvalue weighted by Gasteiger charge is 2.36. The third kappa shape index (κ3) is 3.43. The molecule has 2 aromatic carbocycles. The molecule has 1 aliphatic heterocycles. The van der Waals surface area contributed by atoms with Crippen molar-refractivity contribution in [3.63, 3.8) is 0 Å². The molecule has 2 aromatic rings. The Morgan fingerprint density at radius 1 is 1.19 bits per heavy atom. The number of carbonyl (C=O) groups is 2. The summed E-state index contributed by atoms with van der Waals surface area (Å²) in [6.45, 7) is 6.37. The van der Waals surface area contributed by atoms with Crippen LogP contribution < -0.4 is 15.0 Å². The highest BCUT2D eigenvalue weighted by molar-refractivity contribution is 6.04. The molecule has 1 unspecified atom stereocenters. The zero-order valence-electron chi connectivity index (χ0n) is 15.6. The average molecular weight is 352 g/mol. The molecule has 3 rings (SSSR count). The lowest BCUT2D eigenvalue weighted by Gasteiger charge is -2.20. The third-order valence-corrected chi connectivity index (χ3v) is 4.98. The number of rotatable bonds is 4. The summed E-state index contributed by atoms with van der Waals surface area (Å²) >= 11 is 0. The van der Waals surface area contributed by atoms with Gasteiger partial charge in [0.2, 0.25) is 11.8 Å². The van der Waals surface area contributed by atoms with Gasteiger partial charge in [0.05, 0.1) is 18.7 Å². The van der Waals surface area contributed by atoms with E-state index in [1.54, 1.807) is 12.0 Å². The molecule has 0 saturated carbocycles. The van der Waals surface area contributed by atoms with Gasteiger partial charge in [0.15, 0.2) is 0 Å². The Bertz CT molecular complexity index is 860. The Morgan fingerprint density at radius 2 is 1.96 bits per heavy atom. The van der Waals surface area contributed by atoms with E-state index in [9.17, 15) is 9.59 Å². The maximum atomic E-state index is 12.7. The Morgan fingerprint density at radius 3 is 2.69 bits per heavy atom. The van der Waals surface area contributed by atoms with Crippen LogP contribution in [0.5, 0.6) is 5.75 Å². The Kier molecular flexibility index (Phi) is 4.98. The van der Waals surface area contributed by atoms with E-state index in [0.717, 1.165) is 22.4 Å². The fourth-order valence-electron chi connectivity index (χ4n) is 3.30. The summed E-state index contributed by atoms with van der Waals surface area (Å²) in [5.74, 6) is 0.0532. The van der Waals surface area contributed by atoms with Gasteiger partial charge in [0.1, 0.15) is 5.75 Å². The Hall–Kier alpha value is -2.82. The number of carbonyl (C=O) groups excluding carboxylic acids is 2. The molecule has 0 aliphatic carbocycles. The van der Waals surface area contributed by atoms with Crippen LogP contribution in [-0.2, 0) is 9.59 Å². The Labute approximate surface area is 154 Å². The predicted octanol–water partition coefficient (Wildman–Crippen LogP) is 3.61. The van der Waals surface area contributed by atoms with Gasteiger partial charge in [-0.05, 0) is 55.7 Å². The van der Waals surface area contributed by atoms with Crippen molar-refractivity contribution in [2.24, 2.45) is 5.92 Å². The largest absolute Gasteiger partial charge is 0.495 e. The van der Waals surface area contributed by atoms with E-state index in [1.165, 1.54) is 0 Å². The molecule has 1 atom stereocenters. The summed E-state index contributed by atoms with van der Waals surface area (Å²) in [4.78, 5) is 26.9. The van der Waals surface area contributed by atoms with Crippen molar-refractivity contribution in [3.05, 3.63) is 53.1 Å². The van der Waals surface area contributed by atoms with Gasteiger partial charge in [-0.2, -0.15) is 0 Å². The minimum atomic E-state index is -0.382. The van der Waals surface area contributed by atoms with Crippen LogP contribution in [0.2, 0.25) is 0 Å². The van der Waals surface area contributed by atoms with Gasteiger partial charge < -0.3 is 15.0 Å². The first-order valence-electron chi connectivity index (χ1n) is 8.72. The van der Waals surface area contributed by atoms with Crippen LogP contribution in [0.4, 0.5) is 11.4 Å². The highest BCUT2D eigenvalue weighted by atomic mass is 16.5. The molecule has 5 heteroatoms. The van der Waals surface area contributed by atoms with E-state index in [0.29, 0.717) is 18.0 Å². The van der Waals surface area contributed by atoms with E-state index < -0.39 is 0 Å². The number of ether oxygens (including phenoxy) is 1. The highest BCUT2D eigenvalue weighted by Crippen LogP contribution is 2.31. The minimum Gasteiger partial charge on any atom is -0.495 e. The third-order valence-electron chi connectivity index (χ3n) is 4.98. The molecule has 136 valence electrons. The van der Waals surface area contributed by atoms with Gasteiger partial charge in [-0.3, -0.25) is 9.59 Å². The number of amides is 2. The predicted molar refractivity (Wildman–Crippen MR) is 103 cm³/mol. The standard InChI is InChI=1S/C21H24N2O3/c1-13-8-9-19(26-4)17(10-13)22-21(25)16-11-20(24)23(12-16)18-7-5-6-14(2)15(18)3/h5-10,16H,11-12H2,1-4H3,(H,22,25). The quantitative estimate of drug-likeness (QED) is 0.914. The van der Waals surface area contributed by atoms with Gasteiger partial charge in [0.25, 0.3) is 0 Å². The Balaban J connectivity index is 1.77. The average Bonchev–Trinajstić information content (AvgIpc) is 2.99. The second kappa shape index (κ2) is 7.20. The molecule has 2 amide bonds. The molecule has 0 bridgehead atoms. The summed E-state index contributed by atoms with van der Waals surface area (Å²) in [6.07, 6.45) is 0.216. The zero-order chi connectivity index (χ0) is 18.8. The molecule has 5 nitrogen and oxygen atoms in total. The van der Waals surface area contributed by atoms with E-state index >= 15 is 0 Å². The maximum Gasteiger partial charge on any atom is 0.229 e. The number of anilines is 2. The van der Waals surface area contributed by atoms with Crippen LogP contribution in [0.25, 0.3) is 0 Å². The number of nitrogens with one attached hydrogen (secondary N) is 1. The van der Waals surface area contributed by atoms with Crippen LogP contribution in [0.15, 0.2) is 36.4 Å². The number of hydrogen-bond donors (Lipinski definition) is 1. The summed E-state index contributed by atoms with van der Waals surface area (Å²) in [6, 6.07) is 11.5. The molecule has 1 saturated heterocycles. The van der Waals surface area contributed by atoms with Gasteiger partial charge in [0, 0.05) is 18.7 Å². The molecular weight excluding hydrogens is 328 g/mol. The normalized spacial score (nSPS) is 16.7. The second-order valence-corrected chi connectivity index (χ2v) is 6.82. The van der Waals surface area contributed by atoms with Gasteiger partial charge in [-0.1, -0.05) is 18.2 Å². The maximum absolute atomic E-state index is 12.7. The lowest BCUT2D eigenvalue weighted by molar-refractivity contribution is -0.122. The molecule has 1 heterocycles. The van der Waals surface area contributed by atoms with Crippen LogP contribution in [0.3, 0.4) is 0 Å². The number of benzene rings is 2. The first-order valence-corrected chi connectivity index (χ1v) is 8.72. The fraction of sp³-hybridized carbons (Fsp3) is 0.333. The molecular formula is C21H24N2O3. The topological polar surface area (TPSA) is 58.6 Å². The van der Waals surface area contributed by atoms with Crippen LogP contribution in [0.1, 0.15) is 23.1 Å². The minimum absolute atomic E-state index is 0.0185. The van der Waals surface area contributed by atoms with Crippen molar-refractivity contribution < 1.29 is 14.3 Å². The van der Waals surface area contributed by atoms with Crippen molar-refractivity contribution in [3.8, 4) is 5.75 Å². The molecule has 1 fully saturated rings. The SMILES string of the molecule is COc1ccc(C)cc1NC(=O)C1CC(=O)N(c2cccc(C)c2C)C1. The summed E-state index contributed by atoms with van der Waals surface area (Å²) < 4.78 is 5.31. The molecule has 1 aliphatic rings. The van der Waals surface area contributed by atoms with Gasteiger partial charge in [-0.25, -0.2) is 0 Å². The molecule has 0 radical (unpaired) electrons. The van der Waals surface area contributed by atoms with Crippen LogP contribution in [-0.4, -0.2) is 25.5 Å². The first-order chi connectivity index (χ1) is 12.4. The first kappa shape index (κ1) is 18.0. The van der Waals surface area contributed by atoms with E-state index in [1.807, 2.05) is 57.2 Å². The smallest absolute Gasteiger partial charge is 0.229 e. The van der Waals surface area contributed by atoms with E-state index in [2.05, 4.69) is 5.32 Å². The van der Waals surface area contributed by atoms with Crippen molar-refractivity contribution in [2.75, 3.05) is 23.9 Å². The summed E-state index contributed by atoms with van der Waals surface area (Å²) in [5.41, 5.74) is 4.75. The van der Waals surface area contributed by atoms with E-state index in [-0.39, 0.29) is 24.2 Å². The van der Waals surface area contributed by atoms with Crippen LogP contribution in [0, 0.1) is 26.7 Å². The summed E-state index contributed by atoms with van der Waals surface area (Å²) in [5, 5.41) is 2.92. The molecule has 1 N–H and O–H groups in total. The number of nitrogens with zero attached hydrogens (tertiary/aromatic N) is 1. The summed E-state index contributed by atoms with van der Waals surface area (Å²) in [7, 11) is 1.57. The molecule has 26 heavy (non-hydrogen) atoms. The number of aryl methyl sites for hydroxylation is 2. The van der Waals surface area contributed by atoms with Crippen molar-refractivity contribution >= 4 is 23.2 Å². The number of methoxy groups -OCH3 is 1. The number of hydrogen-bond acceptors (Lipinski definition) is 3.